The summed E-state index contributed by atoms with van der Waals surface area (Å²) in [5.41, 5.74) is 11.7. The molecule has 0 spiro atoms. The Bertz CT molecular complexity index is 649. The van der Waals surface area contributed by atoms with Crippen LogP contribution in [0.25, 0.3) is 0 Å². The van der Waals surface area contributed by atoms with E-state index in [9.17, 15) is 14.0 Å². The first-order valence-electron chi connectivity index (χ1n) is 7.55. The van der Waals surface area contributed by atoms with E-state index in [0.29, 0.717) is 18.8 Å². The minimum Gasteiger partial charge on any atom is -0.387 e. The van der Waals surface area contributed by atoms with Crippen LogP contribution < -0.4 is 16.8 Å². The molecule has 8 heteroatoms. The molecule has 1 saturated heterocycles. The number of benzene rings is 1. The van der Waals surface area contributed by atoms with Gasteiger partial charge in [-0.25, -0.2) is 9.38 Å². The molecule has 1 fully saturated rings. The molecule has 2 rings (SSSR count). The number of primary amides is 1. The van der Waals surface area contributed by atoms with Gasteiger partial charge in [0.2, 0.25) is 6.41 Å². The van der Waals surface area contributed by atoms with Gasteiger partial charge in [0, 0.05) is 25.3 Å². The third-order valence-electron chi connectivity index (χ3n) is 3.76. The summed E-state index contributed by atoms with van der Waals surface area (Å²) in [5, 5.41) is 3.10. The molecular weight excluding hydrogens is 313 g/mol. The highest BCUT2D eigenvalue weighted by molar-refractivity contribution is 6.20. The van der Waals surface area contributed by atoms with Crippen LogP contribution in [0.5, 0.6) is 0 Å². The summed E-state index contributed by atoms with van der Waals surface area (Å²) in [6, 6.07) is 5.51. The van der Waals surface area contributed by atoms with E-state index in [-0.39, 0.29) is 23.3 Å². The predicted molar refractivity (Wildman–Crippen MR) is 88.8 cm³/mol. The average molecular weight is 333 g/mol. The number of hydrogen-bond donors (Lipinski definition) is 3. The fourth-order valence-corrected chi connectivity index (χ4v) is 2.36. The third-order valence-corrected chi connectivity index (χ3v) is 3.76. The number of nitrogens with two attached hydrogens (primary N) is 2. The summed E-state index contributed by atoms with van der Waals surface area (Å²) in [6.45, 7) is 1.31. The van der Waals surface area contributed by atoms with Crippen LogP contribution in [0.4, 0.5) is 10.1 Å². The molecule has 0 aromatic heterocycles. The molecule has 0 aliphatic carbocycles. The lowest BCUT2D eigenvalue weighted by molar-refractivity contribution is -0.119. The highest BCUT2D eigenvalue weighted by Crippen LogP contribution is 2.13. The number of carbonyl (C=O) groups is 2. The molecular formula is C16H20FN5O2. The maximum Gasteiger partial charge on any atom is 0.253 e. The number of amidine groups is 1. The van der Waals surface area contributed by atoms with Crippen molar-refractivity contribution in [1.82, 2.24) is 10.2 Å². The van der Waals surface area contributed by atoms with Gasteiger partial charge in [0.15, 0.2) is 0 Å². The molecule has 0 bridgehead atoms. The number of hydrogen-bond acceptors (Lipinski definition) is 4. The maximum atomic E-state index is 12.9. The summed E-state index contributed by atoms with van der Waals surface area (Å²) in [5.74, 6) is -1.15. The monoisotopic (exact) mass is 333 g/mol. The van der Waals surface area contributed by atoms with Crippen LogP contribution in [-0.2, 0) is 9.59 Å². The lowest BCUT2D eigenvalue weighted by atomic mass is 10.1. The second kappa shape index (κ2) is 8.09. The largest absolute Gasteiger partial charge is 0.387 e. The first kappa shape index (κ1) is 17.5. The van der Waals surface area contributed by atoms with Gasteiger partial charge in [-0.3, -0.25) is 9.59 Å². The van der Waals surface area contributed by atoms with Gasteiger partial charge in [0.05, 0.1) is 11.3 Å². The van der Waals surface area contributed by atoms with Gasteiger partial charge in [-0.2, -0.15) is 0 Å². The number of nitrogens with zero attached hydrogens (tertiary/aromatic N) is 2. The van der Waals surface area contributed by atoms with Crippen molar-refractivity contribution in [2.75, 3.05) is 13.1 Å². The van der Waals surface area contributed by atoms with Gasteiger partial charge in [-0.1, -0.05) is 0 Å². The van der Waals surface area contributed by atoms with E-state index in [0.717, 1.165) is 19.3 Å². The number of aliphatic imine (C=N–C) groups is 1. The zero-order chi connectivity index (χ0) is 17.5. The first-order valence-corrected chi connectivity index (χ1v) is 7.55. The van der Waals surface area contributed by atoms with Gasteiger partial charge in [0.25, 0.3) is 5.91 Å². The summed E-state index contributed by atoms with van der Waals surface area (Å²) in [7, 11) is 0. The fourth-order valence-electron chi connectivity index (χ4n) is 2.36. The fraction of sp³-hybridized carbons (Fsp3) is 0.312. The molecule has 1 aromatic rings. The Balaban J connectivity index is 2.06. The zero-order valence-electron chi connectivity index (χ0n) is 13.1. The van der Waals surface area contributed by atoms with E-state index in [4.69, 9.17) is 11.5 Å². The van der Waals surface area contributed by atoms with Gasteiger partial charge >= 0.3 is 0 Å². The number of nitrogens with one attached hydrogen (secondary N) is 1. The second-order valence-electron chi connectivity index (χ2n) is 5.48. The normalized spacial score (nSPS) is 16.8. The van der Waals surface area contributed by atoms with Gasteiger partial charge in [-0.05, 0) is 37.1 Å². The van der Waals surface area contributed by atoms with Crippen molar-refractivity contribution in [3.05, 3.63) is 41.9 Å². The van der Waals surface area contributed by atoms with Crippen LogP contribution in [0.15, 0.2) is 41.0 Å². The van der Waals surface area contributed by atoms with Crippen LogP contribution in [0.2, 0.25) is 0 Å². The van der Waals surface area contributed by atoms with Crippen LogP contribution in [0.1, 0.15) is 12.8 Å². The van der Waals surface area contributed by atoms with Crippen molar-refractivity contribution in [2.45, 2.75) is 18.9 Å². The number of carbonyl (C=O) groups excluding carboxylic acids is 2. The van der Waals surface area contributed by atoms with Crippen molar-refractivity contribution >= 4 is 23.8 Å². The summed E-state index contributed by atoms with van der Waals surface area (Å²) >= 11 is 0. The molecule has 0 unspecified atom stereocenters. The predicted octanol–water partition coefficient (Wildman–Crippen LogP) is 0.394. The standard InChI is InChI=1S/C16H20FN5O2/c17-11-1-3-13(4-2-11)21-15(18)14(16(19)24)9-20-12-5-7-22(10-23)8-6-12/h1-4,9-10,12,20H,5-8H2,(H2,18,21)(H2,19,24)/b14-9+. The van der Waals surface area contributed by atoms with Crippen LogP contribution in [-0.4, -0.2) is 42.2 Å². The van der Waals surface area contributed by atoms with Crippen molar-refractivity contribution in [3.8, 4) is 0 Å². The molecule has 0 atom stereocenters. The Kier molecular flexibility index (Phi) is 5.89. The molecule has 128 valence electrons. The number of halogens is 1. The number of likely N-dealkylation sites (tertiary alicyclic amines) is 1. The Morgan fingerprint density at radius 1 is 1.25 bits per heavy atom. The summed E-state index contributed by atoms with van der Waals surface area (Å²) in [4.78, 5) is 28.0. The van der Waals surface area contributed by atoms with Crippen LogP contribution in [0.3, 0.4) is 0 Å². The molecule has 2 amide bonds. The molecule has 24 heavy (non-hydrogen) atoms. The second-order valence-corrected chi connectivity index (χ2v) is 5.48. The van der Waals surface area contributed by atoms with Crippen LogP contribution in [0, 0.1) is 5.82 Å². The van der Waals surface area contributed by atoms with E-state index in [1.54, 1.807) is 4.90 Å². The van der Waals surface area contributed by atoms with E-state index < -0.39 is 5.91 Å². The molecule has 0 radical (unpaired) electrons. The number of amides is 2. The smallest absolute Gasteiger partial charge is 0.253 e. The molecule has 1 aliphatic heterocycles. The molecule has 1 heterocycles. The highest BCUT2D eigenvalue weighted by Gasteiger charge is 2.18. The molecule has 1 aliphatic rings. The summed E-state index contributed by atoms with van der Waals surface area (Å²) in [6.07, 6.45) is 3.80. The van der Waals surface area contributed by atoms with Crippen molar-refractivity contribution < 1.29 is 14.0 Å². The number of rotatable bonds is 6. The van der Waals surface area contributed by atoms with Gasteiger partial charge in [-0.15, -0.1) is 0 Å². The Labute approximate surface area is 139 Å². The molecule has 7 nitrogen and oxygen atoms in total. The maximum absolute atomic E-state index is 12.9. The Hall–Kier alpha value is -2.90. The van der Waals surface area contributed by atoms with Crippen molar-refractivity contribution in [2.24, 2.45) is 16.5 Å². The van der Waals surface area contributed by atoms with Gasteiger partial charge in [0.1, 0.15) is 11.7 Å². The van der Waals surface area contributed by atoms with Crippen molar-refractivity contribution in [3.63, 3.8) is 0 Å². The highest BCUT2D eigenvalue weighted by atomic mass is 19.1. The zero-order valence-corrected chi connectivity index (χ0v) is 13.1. The van der Waals surface area contributed by atoms with E-state index in [1.165, 1.54) is 30.5 Å². The van der Waals surface area contributed by atoms with E-state index in [1.807, 2.05) is 0 Å². The van der Waals surface area contributed by atoms with E-state index in [2.05, 4.69) is 10.3 Å². The third kappa shape index (κ3) is 4.80. The SMILES string of the molecule is NC(=O)/C(=C/NC1CCN(C=O)CC1)C(N)=Nc1ccc(F)cc1. The van der Waals surface area contributed by atoms with Gasteiger partial charge < -0.3 is 21.7 Å². The summed E-state index contributed by atoms with van der Waals surface area (Å²) < 4.78 is 12.9. The molecule has 5 N–H and O–H groups in total. The molecule has 1 aromatic carbocycles. The quantitative estimate of drug-likeness (QED) is 0.302. The lowest BCUT2D eigenvalue weighted by Crippen LogP contribution is -2.41. The lowest BCUT2D eigenvalue weighted by Gasteiger charge is -2.29. The Morgan fingerprint density at radius 2 is 1.88 bits per heavy atom. The van der Waals surface area contributed by atoms with E-state index >= 15 is 0 Å². The minimum absolute atomic E-state index is 0.0491. The van der Waals surface area contributed by atoms with Crippen LogP contribution >= 0.6 is 0 Å². The topological polar surface area (TPSA) is 114 Å². The average Bonchev–Trinajstić information content (AvgIpc) is 2.57. The Morgan fingerprint density at radius 3 is 2.42 bits per heavy atom. The minimum atomic E-state index is -0.712. The number of piperidine rings is 1. The van der Waals surface area contributed by atoms with Crippen molar-refractivity contribution in [1.29, 1.82) is 0 Å². The molecule has 0 saturated carbocycles. The first-order chi connectivity index (χ1) is 11.5.